The second kappa shape index (κ2) is 11.5. The standard InChI is InChI=1S/C27H27F6N5O3S/c1-16-13-20(22(41-16)27(31,32)33)35-25(40)38-7-5-17(6-8-38)23-34-21(15-42-23)24(39)37-11-9-36(10-12-37)19-4-2-3-18(14-19)26(28,29)30/h2-4,13-15,17H,5-12H2,1H3,(H,35,40). The van der Waals surface area contributed by atoms with Crippen molar-refractivity contribution in [2.24, 2.45) is 0 Å². The highest BCUT2D eigenvalue weighted by atomic mass is 32.1. The maximum atomic E-state index is 13.2. The lowest BCUT2D eigenvalue weighted by atomic mass is 9.98. The summed E-state index contributed by atoms with van der Waals surface area (Å²) >= 11 is 1.34. The number of carbonyl (C=O) groups excluding carboxylic acids is 2. The first-order valence-corrected chi connectivity index (χ1v) is 14.1. The summed E-state index contributed by atoms with van der Waals surface area (Å²) in [6.45, 7) is 3.40. The van der Waals surface area contributed by atoms with Gasteiger partial charge >= 0.3 is 18.4 Å². The number of amides is 3. The Hall–Kier alpha value is -3.75. The number of carbonyl (C=O) groups is 2. The summed E-state index contributed by atoms with van der Waals surface area (Å²) in [4.78, 5) is 35.1. The van der Waals surface area contributed by atoms with Crippen molar-refractivity contribution in [1.82, 2.24) is 14.8 Å². The Balaban J connectivity index is 1.13. The van der Waals surface area contributed by atoms with Crippen molar-refractivity contribution in [2.75, 3.05) is 49.5 Å². The predicted octanol–water partition coefficient (Wildman–Crippen LogP) is 6.46. The Morgan fingerprint density at radius 1 is 0.952 bits per heavy atom. The number of halogens is 6. The molecule has 226 valence electrons. The number of nitrogens with zero attached hydrogens (tertiary/aromatic N) is 4. The van der Waals surface area contributed by atoms with Crippen molar-refractivity contribution in [1.29, 1.82) is 0 Å². The van der Waals surface area contributed by atoms with E-state index < -0.39 is 35.4 Å². The van der Waals surface area contributed by atoms with Gasteiger partial charge in [-0.05, 0) is 38.0 Å². The van der Waals surface area contributed by atoms with E-state index in [1.165, 1.54) is 29.2 Å². The summed E-state index contributed by atoms with van der Waals surface area (Å²) in [7, 11) is 0. The minimum atomic E-state index is -4.74. The largest absolute Gasteiger partial charge is 0.455 e. The molecule has 3 amide bonds. The molecule has 1 N–H and O–H groups in total. The summed E-state index contributed by atoms with van der Waals surface area (Å²) in [6.07, 6.45) is -8.11. The average molecular weight is 616 g/mol. The van der Waals surface area contributed by atoms with Crippen molar-refractivity contribution in [3.8, 4) is 0 Å². The number of furan rings is 1. The molecule has 8 nitrogen and oxygen atoms in total. The maximum Gasteiger partial charge on any atom is 0.451 e. The van der Waals surface area contributed by atoms with E-state index in [1.54, 1.807) is 16.3 Å². The summed E-state index contributed by atoms with van der Waals surface area (Å²) in [5, 5.41) is 4.71. The number of urea groups is 1. The topological polar surface area (TPSA) is 81.9 Å². The van der Waals surface area contributed by atoms with Crippen molar-refractivity contribution in [3.63, 3.8) is 0 Å². The van der Waals surface area contributed by atoms with Crippen molar-refractivity contribution >= 4 is 34.6 Å². The summed E-state index contributed by atoms with van der Waals surface area (Å²) in [5.74, 6) is -1.49. The molecule has 0 spiro atoms. The Kier molecular flexibility index (Phi) is 8.14. The van der Waals surface area contributed by atoms with Crippen LogP contribution in [-0.2, 0) is 12.4 Å². The summed E-state index contributed by atoms with van der Waals surface area (Å²) in [6, 6.07) is 5.60. The molecule has 4 heterocycles. The molecular weight excluding hydrogens is 588 g/mol. The third-order valence-electron chi connectivity index (χ3n) is 7.33. The van der Waals surface area contributed by atoms with Crippen LogP contribution < -0.4 is 10.2 Å². The summed E-state index contributed by atoms with van der Waals surface area (Å²) in [5.41, 5.74) is -0.402. The monoisotopic (exact) mass is 615 g/mol. The summed E-state index contributed by atoms with van der Waals surface area (Å²) < 4.78 is 83.5. The van der Waals surface area contributed by atoms with Crippen LogP contribution in [-0.4, -0.2) is 66.0 Å². The molecule has 5 rings (SSSR count). The lowest BCUT2D eigenvalue weighted by Crippen LogP contribution is -2.49. The molecule has 0 unspecified atom stereocenters. The van der Waals surface area contributed by atoms with Gasteiger partial charge in [0.05, 0.1) is 16.3 Å². The van der Waals surface area contributed by atoms with E-state index in [2.05, 4.69) is 10.3 Å². The van der Waals surface area contributed by atoms with E-state index in [1.807, 2.05) is 4.90 Å². The van der Waals surface area contributed by atoms with Gasteiger partial charge in [-0.3, -0.25) is 4.79 Å². The predicted molar refractivity (Wildman–Crippen MR) is 143 cm³/mol. The van der Waals surface area contributed by atoms with Gasteiger partial charge in [0.25, 0.3) is 5.91 Å². The molecule has 3 aromatic rings. The second-order valence-electron chi connectivity index (χ2n) is 10.2. The minimum Gasteiger partial charge on any atom is -0.455 e. The van der Waals surface area contributed by atoms with Gasteiger partial charge in [0.15, 0.2) is 0 Å². The van der Waals surface area contributed by atoms with Gasteiger partial charge in [0.2, 0.25) is 5.76 Å². The van der Waals surface area contributed by atoms with Crippen LogP contribution in [0.4, 0.5) is 42.5 Å². The highest BCUT2D eigenvalue weighted by molar-refractivity contribution is 7.09. The first-order chi connectivity index (χ1) is 19.8. The molecule has 2 aromatic heterocycles. The number of nitrogens with one attached hydrogen (secondary N) is 1. The van der Waals surface area contributed by atoms with E-state index in [-0.39, 0.29) is 23.3 Å². The van der Waals surface area contributed by atoms with Crippen LogP contribution in [0.2, 0.25) is 0 Å². The molecule has 0 radical (unpaired) electrons. The molecule has 15 heteroatoms. The quantitative estimate of drug-likeness (QED) is 0.341. The lowest BCUT2D eigenvalue weighted by molar-refractivity contribution is -0.152. The number of piperazine rings is 1. The SMILES string of the molecule is Cc1cc(NC(=O)N2CCC(c3nc(C(=O)N4CCN(c5cccc(C(F)(F)F)c5)CC4)cs3)CC2)c(C(F)(F)F)o1. The number of likely N-dealkylation sites (tertiary alicyclic amines) is 1. The number of aryl methyl sites for hydroxylation is 1. The molecule has 2 aliphatic rings. The smallest absolute Gasteiger partial charge is 0.451 e. The first kappa shape index (κ1) is 29.7. The fourth-order valence-electron chi connectivity index (χ4n) is 5.12. The molecule has 0 bridgehead atoms. The molecule has 0 aliphatic carbocycles. The molecule has 2 fully saturated rings. The lowest BCUT2D eigenvalue weighted by Gasteiger charge is -2.36. The number of hydrogen-bond acceptors (Lipinski definition) is 6. The maximum absolute atomic E-state index is 13.2. The fraction of sp³-hybridized carbons (Fsp3) is 0.444. The van der Waals surface area contributed by atoms with Crippen LogP contribution in [0.1, 0.15) is 51.3 Å². The highest BCUT2D eigenvalue weighted by Crippen LogP contribution is 2.38. The second-order valence-corrected chi connectivity index (χ2v) is 11.1. The molecule has 0 saturated carbocycles. The van der Waals surface area contributed by atoms with Gasteiger partial charge in [-0.2, -0.15) is 26.3 Å². The molecular formula is C27H27F6N5O3S. The molecule has 42 heavy (non-hydrogen) atoms. The van der Waals surface area contributed by atoms with Gasteiger partial charge in [-0.1, -0.05) is 6.07 Å². The zero-order valence-corrected chi connectivity index (χ0v) is 23.2. The van der Waals surface area contributed by atoms with E-state index in [4.69, 9.17) is 4.42 Å². The highest BCUT2D eigenvalue weighted by Gasteiger charge is 2.39. The number of thiazole rings is 1. The zero-order valence-electron chi connectivity index (χ0n) is 22.4. The van der Waals surface area contributed by atoms with Crippen LogP contribution in [0.3, 0.4) is 0 Å². The number of aromatic nitrogens is 1. The van der Waals surface area contributed by atoms with Crippen LogP contribution in [0.25, 0.3) is 0 Å². The third-order valence-corrected chi connectivity index (χ3v) is 8.34. The van der Waals surface area contributed by atoms with Crippen molar-refractivity contribution in [3.05, 3.63) is 63.5 Å². The number of rotatable bonds is 4. The average Bonchev–Trinajstić information content (AvgIpc) is 3.59. The molecule has 2 aliphatic heterocycles. The Labute approximate surface area is 240 Å². The number of piperidine rings is 1. The molecule has 1 aromatic carbocycles. The Morgan fingerprint density at radius 3 is 2.29 bits per heavy atom. The Morgan fingerprint density at radius 2 is 1.64 bits per heavy atom. The number of alkyl halides is 6. The number of hydrogen-bond donors (Lipinski definition) is 1. The third kappa shape index (κ3) is 6.50. The molecule has 0 atom stereocenters. The van der Waals surface area contributed by atoms with Gasteiger partial charge in [0.1, 0.15) is 11.5 Å². The normalized spacial score (nSPS) is 17.1. The van der Waals surface area contributed by atoms with Gasteiger partial charge in [0, 0.05) is 62.3 Å². The van der Waals surface area contributed by atoms with Crippen LogP contribution in [0.5, 0.6) is 0 Å². The van der Waals surface area contributed by atoms with E-state index in [0.29, 0.717) is 57.8 Å². The fourth-order valence-corrected chi connectivity index (χ4v) is 6.09. The van der Waals surface area contributed by atoms with Gasteiger partial charge in [-0.15, -0.1) is 11.3 Å². The zero-order chi connectivity index (χ0) is 30.2. The number of benzene rings is 1. The first-order valence-electron chi connectivity index (χ1n) is 13.2. The van der Waals surface area contributed by atoms with Crippen LogP contribution in [0.15, 0.2) is 40.1 Å². The van der Waals surface area contributed by atoms with E-state index in [9.17, 15) is 35.9 Å². The van der Waals surface area contributed by atoms with Crippen molar-refractivity contribution < 1.29 is 40.3 Å². The number of anilines is 2. The molecule has 2 saturated heterocycles. The van der Waals surface area contributed by atoms with Gasteiger partial charge in [-0.25, -0.2) is 9.78 Å². The van der Waals surface area contributed by atoms with Gasteiger partial charge < -0.3 is 24.4 Å². The van der Waals surface area contributed by atoms with E-state index in [0.717, 1.165) is 23.2 Å². The minimum absolute atomic E-state index is 0.0136. The van der Waals surface area contributed by atoms with E-state index >= 15 is 0 Å². The van der Waals surface area contributed by atoms with Crippen LogP contribution >= 0.6 is 11.3 Å². The Bertz CT molecular complexity index is 1440. The van der Waals surface area contributed by atoms with Crippen molar-refractivity contribution in [2.45, 2.75) is 38.0 Å². The van der Waals surface area contributed by atoms with Crippen LogP contribution in [0, 0.1) is 6.92 Å².